The number of carbonyl (C=O) groups excluding carboxylic acids is 1. The second-order valence-electron chi connectivity index (χ2n) is 6.37. The minimum atomic E-state index is -0.195. The first-order chi connectivity index (χ1) is 13.0. The summed E-state index contributed by atoms with van der Waals surface area (Å²) in [6.45, 7) is 4.36. The number of fused-ring (bicyclic) bond motifs is 1. The van der Waals surface area contributed by atoms with Gasteiger partial charge in [-0.1, -0.05) is 17.3 Å². The zero-order chi connectivity index (χ0) is 19.0. The van der Waals surface area contributed by atoms with Crippen molar-refractivity contribution in [2.24, 2.45) is 0 Å². The molecule has 7 nitrogen and oxygen atoms in total. The highest BCUT2D eigenvalue weighted by molar-refractivity contribution is 7.09. The minimum absolute atomic E-state index is 0.127. The van der Waals surface area contributed by atoms with E-state index in [-0.39, 0.29) is 17.6 Å². The molecule has 4 aromatic rings. The predicted molar refractivity (Wildman–Crippen MR) is 103 cm³/mol. The van der Waals surface area contributed by atoms with Gasteiger partial charge >= 0.3 is 0 Å². The van der Waals surface area contributed by atoms with Crippen LogP contribution in [0.25, 0.3) is 11.0 Å². The van der Waals surface area contributed by atoms with Crippen LogP contribution in [0, 0.1) is 6.92 Å². The van der Waals surface area contributed by atoms with Crippen molar-refractivity contribution in [3.05, 3.63) is 64.2 Å². The molecule has 0 saturated carbocycles. The fourth-order valence-electron chi connectivity index (χ4n) is 3.00. The molecule has 0 spiro atoms. The molecule has 0 bridgehead atoms. The van der Waals surface area contributed by atoms with Crippen molar-refractivity contribution in [2.45, 2.75) is 26.4 Å². The summed E-state index contributed by atoms with van der Waals surface area (Å²) in [6.07, 6.45) is 1.74. The molecule has 0 N–H and O–H groups in total. The maximum atomic E-state index is 12.7. The molecule has 1 aromatic carbocycles. The summed E-state index contributed by atoms with van der Waals surface area (Å²) < 4.78 is 7.47. The lowest BCUT2D eigenvalue weighted by atomic mass is 10.2. The monoisotopic (exact) mass is 381 g/mol. The van der Waals surface area contributed by atoms with E-state index in [2.05, 4.69) is 15.1 Å². The maximum Gasteiger partial charge on any atom is 0.276 e. The van der Waals surface area contributed by atoms with Gasteiger partial charge in [-0.25, -0.2) is 9.97 Å². The molecule has 0 aliphatic carbocycles. The SMILES string of the molecule is Cc1nc2ccccc2n1Cc1cc(C(=O)N(C)C(C)c2nccs2)no1. The van der Waals surface area contributed by atoms with E-state index in [0.29, 0.717) is 12.3 Å². The molecular formula is C19H19N5O2S. The molecule has 0 saturated heterocycles. The van der Waals surface area contributed by atoms with Gasteiger partial charge in [0.1, 0.15) is 10.8 Å². The Morgan fingerprint density at radius 2 is 2.19 bits per heavy atom. The summed E-state index contributed by atoms with van der Waals surface area (Å²) in [7, 11) is 1.75. The first-order valence-electron chi connectivity index (χ1n) is 8.58. The van der Waals surface area contributed by atoms with E-state index >= 15 is 0 Å². The maximum absolute atomic E-state index is 12.7. The van der Waals surface area contributed by atoms with Crippen LogP contribution in [0.5, 0.6) is 0 Å². The van der Waals surface area contributed by atoms with Crippen LogP contribution < -0.4 is 0 Å². The number of hydrogen-bond donors (Lipinski definition) is 0. The first-order valence-corrected chi connectivity index (χ1v) is 9.46. The number of amides is 1. The van der Waals surface area contributed by atoms with Gasteiger partial charge in [-0.2, -0.15) is 0 Å². The molecule has 0 radical (unpaired) electrons. The summed E-state index contributed by atoms with van der Waals surface area (Å²) in [5, 5.41) is 6.76. The number of aryl methyl sites for hydroxylation is 1. The number of nitrogens with zero attached hydrogens (tertiary/aromatic N) is 5. The van der Waals surface area contributed by atoms with Crippen molar-refractivity contribution >= 4 is 28.3 Å². The molecule has 1 atom stereocenters. The van der Waals surface area contributed by atoms with Gasteiger partial charge in [0.2, 0.25) is 0 Å². The Bertz CT molecular complexity index is 1080. The van der Waals surface area contributed by atoms with Gasteiger partial charge in [-0.15, -0.1) is 11.3 Å². The van der Waals surface area contributed by atoms with Gasteiger partial charge in [-0.05, 0) is 26.0 Å². The Morgan fingerprint density at radius 1 is 1.37 bits per heavy atom. The van der Waals surface area contributed by atoms with Crippen LogP contribution in [0.3, 0.4) is 0 Å². The van der Waals surface area contributed by atoms with Gasteiger partial charge in [0.05, 0.1) is 23.6 Å². The zero-order valence-electron chi connectivity index (χ0n) is 15.3. The smallest absolute Gasteiger partial charge is 0.276 e. The van der Waals surface area contributed by atoms with Crippen LogP contribution in [-0.4, -0.2) is 37.5 Å². The molecule has 27 heavy (non-hydrogen) atoms. The molecule has 3 aromatic heterocycles. The Kier molecular flexibility index (Phi) is 4.49. The normalized spacial score (nSPS) is 12.4. The van der Waals surface area contributed by atoms with E-state index in [1.807, 2.05) is 48.1 Å². The second kappa shape index (κ2) is 6.96. The Labute approximate surface area is 160 Å². The van der Waals surface area contributed by atoms with Crippen molar-refractivity contribution in [3.8, 4) is 0 Å². The number of aromatic nitrogens is 4. The average molecular weight is 381 g/mol. The molecule has 0 aliphatic rings. The summed E-state index contributed by atoms with van der Waals surface area (Å²) >= 11 is 1.52. The quantitative estimate of drug-likeness (QED) is 0.527. The van der Waals surface area contributed by atoms with Crippen molar-refractivity contribution in [3.63, 3.8) is 0 Å². The summed E-state index contributed by atoms with van der Waals surface area (Å²) in [5.74, 6) is 1.30. The average Bonchev–Trinajstić information content (AvgIpc) is 3.41. The van der Waals surface area contributed by atoms with Gasteiger partial charge in [0, 0.05) is 24.7 Å². The first kappa shape index (κ1) is 17.4. The van der Waals surface area contributed by atoms with Crippen LogP contribution in [0.2, 0.25) is 0 Å². The number of carbonyl (C=O) groups is 1. The number of imidazole rings is 1. The molecular weight excluding hydrogens is 362 g/mol. The van der Waals surface area contributed by atoms with E-state index in [9.17, 15) is 4.79 Å². The highest BCUT2D eigenvalue weighted by Gasteiger charge is 2.23. The number of para-hydroxylation sites is 2. The number of benzene rings is 1. The van der Waals surface area contributed by atoms with Crippen molar-refractivity contribution in [1.82, 2.24) is 24.6 Å². The Morgan fingerprint density at radius 3 is 2.96 bits per heavy atom. The third-order valence-corrected chi connectivity index (χ3v) is 5.59. The van der Waals surface area contributed by atoms with Crippen LogP contribution in [-0.2, 0) is 6.54 Å². The van der Waals surface area contributed by atoms with E-state index in [1.54, 1.807) is 24.2 Å². The zero-order valence-corrected chi connectivity index (χ0v) is 16.1. The Balaban J connectivity index is 1.54. The van der Waals surface area contributed by atoms with Crippen molar-refractivity contribution < 1.29 is 9.32 Å². The lowest BCUT2D eigenvalue weighted by Crippen LogP contribution is -2.29. The summed E-state index contributed by atoms with van der Waals surface area (Å²) in [5.41, 5.74) is 2.24. The van der Waals surface area contributed by atoms with Crippen LogP contribution >= 0.6 is 11.3 Å². The van der Waals surface area contributed by atoms with E-state index in [0.717, 1.165) is 21.9 Å². The minimum Gasteiger partial charge on any atom is -0.359 e. The molecule has 1 unspecified atom stereocenters. The third-order valence-electron chi connectivity index (χ3n) is 4.65. The van der Waals surface area contributed by atoms with Crippen LogP contribution in [0.4, 0.5) is 0 Å². The van der Waals surface area contributed by atoms with Crippen LogP contribution in [0.15, 0.2) is 46.4 Å². The molecule has 1 amide bonds. The number of hydrogen-bond acceptors (Lipinski definition) is 6. The molecule has 3 heterocycles. The van der Waals surface area contributed by atoms with E-state index < -0.39 is 0 Å². The fourth-order valence-corrected chi connectivity index (χ4v) is 3.74. The van der Waals surface area contributed by atoms with Gasteiger partial charge in [-0.3, -0.25) is 4.79 Å². The third kappa shape index (κ3) is 3.23. The number of thiazole rings is 1. The largest absolute Gasteiger partial charge is 0.359 e. The lowest BCUT2D eigenvalue weighted by molar-refractivity contribution is 0.0732. The molecule has 4 rings (SSSR count). The van der Waals surface area contributed by atoms with E-state index in [1.165, 1.54) is 11.3 Å². The molecule has 0 fully saturated rings. The van der Waals surface area contributed by atoms with Gasteiger partial charge in [0.15, 0.2) is 11.5 Å². The molecule has 0 aliphatic heterocycles. The fraction of sp³-hybridized carbons (Fsp3) is 0.263. The van der Waals surface area contributed by atoms with E-state index in [4.69, 9.17) is 4.52 Å². The topological polar surface area (TPSA) is 77.1 Å². The van der Waals surface area contributed by atoms with Crippen LogP contribution in [0.1, 0.15) is 40.0 Å². The number of rotatable bonds is 5. The highest BCUT2D eigenvalue weighted by atomic mass is 32.1. The second-order valence-corrected chi connectivity index (χ2v) is 7.30. The molecule has 8 heteroatoms. The van der Waals surface area contributed by atoms with Gasteiger partial charge < -0.3 is 14.0 Å². The van der Waals surface area contributed by atoms with Crippen molar-refractivity contribution in [1.29, 1.82) is 0 Å². The van der Waals surface area contributed by atoms with Gasteiger partial charge in [0.25, 0.3) is 5.91 Å². The summed E-state index contributed by atoms with van der Waals surface area (Å²) in [4.78, 5) is 23.2. The lowest BCUT2D eigenvalue weighted by Gasteiger charge is -2.21. The standard InChI is InChI=1S/C19H19N5O2S/c1-12(18-20-8-9-27-18)23(3)19(25)16-10-14(26-22-16)11-24-13(2)21-15-6-4-5-7-17(15)24/h4-10,12H,11H2,1-3H3. The summed E-state index contributed by atoms with van der Waals surface area (Å²) in [6, 6.07) is 9.50. The highest BCUT2D eigenvalue weighted by Crippen LogP contribution is 2.23. The Hall–Kier alpha value is -3.00. The predicted octanol–water partition coefficient (Wildman–Crippen LogP) is 3.67. The van der Waals surface area contributed by atoms with Crippen molar-refractivity contribution in [2.75, 3.05) is 7.05 Å². The molecule has 138 valence electrons.